The van der Waals surface area contributed by atoms with Crippen molar-refractivity contribution < 1.29 is 4.74 Å². The number of benzene rings is 2. The molecule has 2 aromatic rings. The molecule has 0 heterocycles. The van der Waals surface area contributed by atoms with Gasteiger partial charge in [0.15, 0.2) is 5.11 Å². The van der Waals surface area contributed by atoms with Crippen molar-refractivity contribution in [2.45, 2.75) is 13.0 Å². The average molecular weight is 343 g/mol. The summed E-state index contributed by atoms with van der Waals surface area (Å²) in [7, 11) is 5.80. The summed E-state index contributed by atoms with van der Waals surface area (Å²) in [5.41, 5.74) is 3.38. The smallest absolute Gasteiger partial charge is 0.170 e. The molecular weight excluding hydrogens is 318 g/mol. The summed E-state index contributed by atoms with van der Waals surface area (Å²) in [5.74, 6) is 0.861. The Hall–Kier alpha value is -2.11. The molecule has 128 valence electrons. The standard InChI is InChI=1S/C19H25N3OS/c1-14-7-5-9-16(11-14)21-19(24)20-13-18(22(2)3)15-8-6-10-17(12-15)23-4/h5-12,18H,13H2,1-4H3,(H2,20,21,24)/t18-/m0/s1. The first-order chi connectivity index (χ1) is 11.5. The molecule has 0 saturated heterocycles. The molecule has 0 amide bonds. The minimum atomic E-state index is 0.192. The molecule has 0 saturated carbocycles. The van der Waals surface area contributed by atoms with Gasteiger partial charge in [0.05, 0.1) is 13.2 Å². The molecule has 5 heteroatoms. The van der Waals surface area contributed by atoms with Crippen LogP contribution in [0.3, 0.4) is 0 Å². The molecule has 0 radical (unpaired) electrons. The highest BCUT2D eigenvalue weighted by atomic mass is 32.1. The number of methoxy groups -OCH3 is 1. The van der Waals surface area contributed by atoms with Crippen LogP contribution in [-0.2, 0) is 0 Å². The van der Waals surface area contributed by atoms with Crippen molar-refractivity contribution in [3.8, 4) is 5.75 Å². The van der Waals surface area contributed by atoms with E-state index >= 15 is 0 Å². The van der Waals surface area contributed by atoms with Crippen molar-refractivity contribution in [3.63, 3.8) is 0 Å². The molecule has 4 nitrogen and oxygen atoms in total. The van der Waals surface area contributed by atoms with E-state index in [-0.39, 0.29) is 6.04 Å². The first-order valence-electron chi connectivity index (χ1n) is 7.91. The number of rotatable bonds is 6. The topological polar surface area (TPSA) is 36.5 Å². The summed E-state index contributed by atoms with van der Waals surface area (Å²) in [5, 5.41) is 7.15. The van der Waals surface area contributed by atoms with Gasteiger partial charge in [0, 0.05) is 12.2 Å². The van der Waals surface area contributed by atoms with Gasteiger partial charge in [-0.1, -0.05) is 24.3 Å². The molecule has 24 heavy (non-hydrogen) atoms. The molecule has 1 atom stereocenters. The zero-order valence-electron chi connectivity index (χ0n) is 14.7. The van der Waals surface area contributed by atoms with Crippen LogP contribution in [0.2, 0.25) is 0 Å². The molecule has 0 spiro atoms. The number of anilines is 1. The van der Waals surface area contributed by atoms with Crippen LogP contribution in [0.5, 0.6) is 5.75 Å². The second-order valence-electron chi connectivity index (χ2n) is 5.96. The summed E-state index contributed by atoms with van der Waals surface area (Å²) in [6, 6.07) is 16.5. The summed E-state index contributed by atoms with van der Waals surface area (Å²) in [6.07, 6.45) is 0. The third kappa shape index (κ3) is 5.22. The molecule has 0 fully saturated rings. The van der Waals surface area contributed by atoms with Crippen LogP contribution in [0.25, 0.3) is 0 Å². The number of likely N-dealkylation sites (N-methyl/N-ethyl adjacent to an activating group) is 1. The summed E-state index contributed by atoms with van der Waals surface area (Å²) < 4.78 is 5.32. The zero-order chi connectivity index (χ0) is 17.5. The molecule has 0 aromatic heterocycles. The second-order valence-corrected chi connectivity index (χ2v) is 6.37. The van der Waals surface area contributed by atoms with Crippen molar-refractivity contribution in [2.24, 2.45) is 0 Å². The summed E-state index contributed by atoms with van der Waals surface area (Å²) in [6.45, 7) is 2.77. The zero-order valence-corrected chi connectivity index (χ0v) is 15.5. The summed E-state index contributed by atoms with van der Waals surface area (Å²) >= 11 is 5.42. The number of nitrogens with one attached hydrogen (secondary N) is 2. The highest BCUT2D eigenvalue weighted by Gasteiger charge is 2.15. The molecule has 0 aliphatic heterocycles. The maximum absolute atomic E-state index is 5.42. The van der Waals surface area contributed by atoms with Gasteiger partial charge >= 0.3 is 0 Å². The first-order valence-corrected chi connectivity index (χ1v) is 8.32. The number of thiocarbonyl (C=S) groups is 1. The van der Waals surface area contributed by atoms with E-state index in [4.69, 9.17) is 17.0 Å². The lowest BCUT2D eigenvalue weighted by atomic mass is 10.1. The Morgan fingerprint density at radius 2 is 1.92 bits per heavy atom. The van der Waals surface area contributed by atoms with Crippen LogP contribution in [0.1, 0.15) is 17.2 Å². The van der Waals surface area contributed by atoms with Crippen LogP contribution in [0.4, 0.5) is 5.69 Å². The second kappa shape index (κ2) is 8.66. The largest absolute Gasteiger partial charge is 0.497 e. The van der Waals surface area contributed by atoms with Gasteiger partial charge in [-0.25, -0.2) is 0 Å². The highest BCUT2D eigenvalue weighted by molar-refractivity contribution is 7.80. The Morgan fingerprint density at radius 1 is 1.17 bits per heavy atom. The van der Waals surface area contributed by atoms with Crippen molar-refractivity contribution in [3.05, 3.63) is 59.7 Å². The van der Waals surface area contributed by atoms with Gasteiger partial charge in [0.25, 0.3) is 0 Å². The lowest BCUT2D eigenvalue weighted by molar-refractivity contribution is 0.298. The van der Waals surface area contributed by atoms with Gasteiger partial charge in [-0.05, 0) is 68.6 Å². The number of ether oxygens (including phenoxy) is 1. The molecule has 2 aromatic carbocycles. The SMILES string of the molecule is COc1cccc([C@H](CNC(=S)Nc2cccc(C)c2)N(C)C)c1. The lowest BCUT2D eigenvalue weighted by Crippen LogP contribution is -2.36. The Labute approximate surface area is 149 Å². The van der Waals surface area contributed by atoms with E-state index in [0.29, 0.717) is 11.7 Å². The van der Waals surface area contributed by atoms with Gasteiger partial charge in [-0.2, -0.15) is 0 Å². The number of hydrogen-bond acceptors (Lipinski definition) is 3. The Balaban J connectivity index is 1.99. The molecule has 2 N–H and O–H groups in total. The quantitative estimate of drug-likeness (QED) is 0.784. The normalized spacial score (nSPS) is 11.9. The lowest BCUT2D eigenvalue weighted by Gasteiger charge is -2.26. The fourth-order valence-corrected chi connectivity index (χ4v) is 2.74. The predicted molar refractivity (Wildman–Crippen MR) is 105 cm³/mol. The Morgan fingerprint density at radius 3 is 2.58 bits per heavy atom. The third-order valence-corrected chi connectivity index (χ3v) is 4.08. The van der Waals surface area contributed by atoms with E-state index in [1.54, 1.807) is 7.11 Å². The van der Waals surface area contributed by atoms with Crippen LogP contribution >= 0.6 is 12.2 Å². The number of aryl methyl sites for hydroxylation is 1. The van der Waals surface area contributed by atoms with Crippen LogP contribution in [0, 0.1) is 6.92 Å². The molecular formula is C19H25N3OS. The first kappa shape index (κ1) is 18.2. The molecule has 0 bridgehead atoms. The molecule has 0 aliphatic rings. The van der Waals surface area contributed by atoms with Crippen molar-refractivity contribution in [2.75, 3.05) is 33.1 Å². The van der Waals surface area contributed by atoms with Crippen molar-refractivity contribution >= 4 is 23.0 Å². The Bertz CT molecular complexity index is 688. The predicted octanol–water partition coefficient (Wildman–Crippen LogP) is 3.59. The van der Waals surface area contributed by atoms with Gasteiger partial charge in [-0.15, -0.1) is 0 Å². The van der Waals surface area contributed by atoms with E-state index in [1.165, 1.54) is 11.1 Å². The van der Waals surface area contributed by atoms with Crippen LogP contribution < -0.4 is 15.4 Å². The average Bonchev–Trinajstić information content (AvgIpc) is 2.55. The minimum Gasteiger partial charge on any atom is -0.497 e. The van der Waals surface area contributed by atoms with E-state index < -0.39 is 0 Å². The summed E-state index contributed by atoms with van der Waals surface area (Å²) in [4.78, 5) is 2.16. The van der Waals surface area contributed by atoms with Crippen LogP contribution in [-0.4, -0.2) is 37.8 Å². The van der Waals surface area contributed by atoms with Gasteiger partial charge < -0.3 is 20.3 Å². The minimum absolute atomic E-state index is 0.192. The van der Waals surface area contributed by atoms with Gasteiger partial charge in [0.1, 0.15) is 5.75 Å². The fraction of sp³-hybridized carbons (Fsp3) is 0.316. The van der Waals surface area contributed by atoms with Gasteiger partial charge in [-0.3, -0.25) is 0 Å². The van der Waals surface area contributed by atoms with E-state index in [1.807, 2.05) is 24.3 Å². The number of hydrogen-bond donors (Lipinski definition) is 2. The van der Waals surface area contributed by atoms with E-state index in [2.05, 4.69) is 60.8 Å². The van der Waals surface area contributed by atoms with Crippen molar-refractivity contribution in [1.82, 2.24) is 10.2 Å². The third-order valence-electron chi connectivity index (χ3n) is 3.83. The maximum atomic E-state index is 5.42. The van der Waals surface area contributed by atoms with Gasteiger partial charge in [0.2, 0.25) is 0 Å². The number of nitrogens with zero attached hydrogens (tertiary/aromatic N) is 1. The molecule has 0 unspecified atom stereocenters. The van der Waals surface area contributed by atoms with Crippen LogP contribution in [0.15, 0.2) is 48.5 Å². The highest BCUT2D eigenvalue weighted by Crippen LogP contribution is 2.22. The molecule has 0 aliphatic carbocycles. The Kier molecular flexibility index (Phi) is 6.58. The van der Waals surface area contributed by atoms with E-state index in [0.717, 1.165) is 11.4 Å². The molecule has 2 rings (SSSR count). The maximum Gasteiger partial charge on any atom is 0.170 e. The monoisotopic (exact) mass is 343 g/mol. The fourth-order valence-electron chi connectivity index (χ4n) is 2.53. The van der Waals surface area contributed by atoms with Crippen molar-refractivity contribution in [1.29, 1.82) is 0 Å². The van der Waals surface area contributed by atoms with E-state index in [9.17, 15) is 0 Å².